The average Bonchev–Trinajstić information content (AvgIpc) is 2.81. The van der Waals surface area contributed by atoms with E-state index in [1.165, 1.54) is 114 Å². The highest BCUT2D eigenvalue weighted by molar-refractivity contribution is 7.92. The summed E-state index contributed by atoms with van der Waals surface area (Å²) in [6.45, 7) is 4.82. The smallest absolute Gasteiger partial charge is 0.147 e. The van der Waals surface area contributed by atoms with Gasteiger partial charge in [0.25, 0.3) is 0 Å². The summed E-state index contributed by atoms with van der Waals surface area (Å²) in [5.41, 5.74) is 1.48. The van der Waals surface area contributed by atoms with E-state index in [4.69, 9.17) is 4.18 Å². The van der Waals surface area contributed by atoms with E-state index in [-0.39, 0.29) is 11.2 Å². The van der Waals surface area contributed by atoms with Crippen LogP contribution in [0.25, 0.3) is 0 Å². The van der Waals surface area contributed by atoms with Crippen molar-refractivity contribution >= 4 is 11.2 Å². The van der Waals surface area contributed by atoms with Crippen LogP contribution in [0.15, 0.2) is 30.3 Å². The lowest BCUT2D eigenvalue weighted by atomic mass is 10.0. The number of aryl methyl sites for hydroxylation is 1. The molecule has 1 rings (SSSR count). The fourth-order valence-corrected chi connectivity index (χ4v) is 6.15. The van der Waals surface area contributed by atoms with Gasteiger partial charge in [0.05, 0.1) is 0 Å². The van der Waals surface area contributed by atoms with Crippen LogP contribution >= 0.6 is 0 Å². The Balaban J connectivity index is 2.00. The molecule has 2 nitrogen and oxygen atoms in total. The minimum Gasteiger partial charge on any atom is -0.396 e. The molecule has 1 aromatic carbocycles. The molecule has 0 fully saturated rings. The fraction of sp³-hybridized carbons (Fsp3) is 0.793. The van der Waals surface area contributed by atoms with Crippen molar-refractivity contribution in [3.05, 3.63) is 35.9 Å². The van der Waals surface area contributed by atoms with Crippen molar-refractivity contribution < 1.29 is 9.29 Å². The zero-order chi connectivity index (χ0) is 23.1. The van der Waals surface area contributed by atoms with Gasteiger partial charge in [0.2, 0.25) is 0 Å². The van der Waals surface area contributed by atoms with Crippen molar-refractivity contribution in [1.29, 1.82) is 0 Å². The number of hydrogen-bond donors (Lipinski definition) is 1. The lowest BCUT2D eigenvalue weighted by Gasteiger charge is -2.13. The van der Waals surface area contributed by atoms with Crippen molar-refractivity contribution in [2.24, 2.45) is 0 Å². The maximum Gasteiger partial charge on any atom is 0.147 e. The second-order valence-electron chi connectivity index (χ2n) is 9.45. The second kappa shape index (κ2) is 22.3. The summed E-state index contributed by atoms with van der Waals surface area (Å²) in [4.78, 5) is 0. The molecule has 0 saturated heterocycles. The Kier molecular flexibility index (Phi) is 20.6. The molecule has 2 unspecified atom stereocenters. The van der Waals surface area contributed by atoms with Gasteiger partial charge < -0.3 is 5.11 Å². The summed E-state index contributed by atoms with van der Waals surface area (Å²) in [7, 11) is 0. The lowest BCUT2D eigenvalue weighted by Crippen LogP contribution is -2.22. The number of rotatable bonds is 23. The van der Waals surface area contributed by atoms with Gasteiger partial charge in [-0.2, -0.15) is 4.18 Å². The van der Waals surface area contributed by atoms with Crippen LogP contribution < -0.4 is 0 Å². The summed E-state index contributed by atoms with van der Waals surface area (Å²) in [5, 5.41) is 9.24. The Hall–Kier alpha value is -0.510. The van der Waals surface area contributed by atoms with Crippen LogP contribution in [0.2, 0.25) is 0 Å². The minimum atomic E-state index is 0.0455. The fourth-order valence-electron chi connectivity index (χ4n) is 4.21. The zero-order valence-corrected chi connectivity index (χ0v) is 22.2. The number of unbranched alkanes of at least 4 members (excludes halogenated alkanes) is 12. The number of aliphatic hydroxyl groups is 1. The summed E-state index contributed by atoms with van der Waals surface area (Å²) in [6.07, 6.45) is 22.6. The summed E-state index contributed by atoms with van der Waals surface area (Å²) >= 11 is 0.0455. The molecule has 0 aliphatic heterocycles. The molecule has 0 radical (unpaired) electrons. The quantitative estimate of drug-likeness (QED) is 0.130. The molecule has 186 valence electrons. The van der Waals surface area contributed by atoms with E-state index in [9.17, 15) is 5.11 Å². The SMILES string of the molecule is CCCCCCCCC(C)O[S+](CCCO)CCCCCCCCCCc1ccccc1. The molecule has 3 heteroatoms. The molecule has 0 heterocycles. The topological polar surface area (TPSA) is 29.5 Å². The third-order valence-corrected chi connectivity index (χ3v) is 8.31. The average molecular weight is 466 g/mol. The van der Waals surface area contributed by atoms with Crippen molar-refractivity contribution in [2.45, 2.75) is 129 Å². The van der Waals surface area contributed by atoms with Gasteiger partial charge in [0, 0.05) is 13.0 Å². The van der Waals surface area contributed by atoms with Gasteiger partial charge in [-0.1, -0.05) is 108 Å². The van der Waals surface area contributed by atoms with E-state index in [0.29, 0.717) is 12.7 Å². The normalized spacial score (nSPS) is 13.3. The predicted octanol–water partition coefficient (Wildman–Crippen LogP) is 8.42. The molecule has 0 bridgehead atoms. The molecule has 0 amide bonds. The van der Waals surface area contributed by atoms with E-state index in [0.717, 1.165) is 12.2 Å². The highest BCUT2D eigenvalue weighted by Gasteiger charge is 2.23. The first-order valence-electron chi connectivity index (χ1n) is 13.8. The van der Waals surface area contributed by atoms with E-state index in [2.05, 4.69) is 44.2 Å². The van der Waals surface area contributed by atoms with Gasteiger partial charge in [-0.25, -0.2) is 0 Å². The van der Waals surface area contributed by atoms with Crippen LogP contribution in [0.5, 0.6) is 0 Å². The molecule has 0 aliphatic rings. The number of benzene rings is 1. The molecule has 2 atom stereocenters. The van der Waals surface area contributed by atoms with Gasteiger partial charge in [0.1, 0.15) is 28.8 Å². The number of aliphatic hydroxyl groups excluding tert-OH is 1. The molecule has 1 N–H and O–H groups in total. The van der Waals surface area contributed by atoms with E-state index in [1.54, 1.807) is 0 Å². The molecule has 32 heavy (non-hydrogen) atoms. The largest absolute Gasteiger partial charge is 0.396 e. The maximum atomic E-state index is 9.24. The lowest BCUT2D eigenvalue weighted by molar-refractivity contribution is 0.234. The summed E-state index contributed by atoms with van der Waals surface area (Å²) in [6, 6.07) is 10.9. The Morgan fingerprint density at radius 1 is 0.719 bits per heavy atom. The maximum absolute atomic E-state index is 9.24. The molecular formula is C29H53O2S+. The Morgan fingerprint density at radius 3 is 1.94 bits per heavy atom. The third-order valence-electron chi connectivity index (χ3n) is 6.22. The Morgan fingerprint density at radius 2 is 1.28 bits per heavy atom. The first-order chi connectivity index (χ1) is 15.8. The first-order valence-corrected chi connectivity index (χ1v) is 15.2. The van der Waals surface area contributed by atoms with Gasteiger partial charge >= 0.3 is 0 Å². The van der Waals surface area contributed by atoms with Crippen LogP contribution in [0, 0.1) is 0 Å². The van der Waals surface area contributed by atoms with Gasteiger partial charge in [-0.15, -0.1) is 0 Å². The number of hydrogen-bond acceptors (Lipinski definition) is 2. The van der Waals surface area contributed by atoms with E-state index >= 15 is 0 Å². The van der Waals surface area contributed by atoms with Gasteiger partial charge in [-0.05, 0) is 44.6 Å². The summed E-state index contributed by atoms with van der Waals surface area (Å²) in [5.74, 6) is 2.23. The van der Waals surface area contributed by atoms with Crippen LogP contribution in [0.1, 0.15) is 122 Å². The van der Waals surface area contributed by atoms with E-state index < -0.39 is 0 Å². The predicted molar refractivity (Wildman–Crippen MR) is 144 cm³/mol. The van der Waals surface area contributed by atoms with Crippen LogP contribution in [-0.2, 0) is 21.8 Å². The second-order valence-corrected chi connectivity index (χ2v) is 11.3. The highest BCUT2D eigenvalue weighted by atomic mass is 32.2. The molecule has 0 saturated carbocycles. The standard InChI is InChI=1S/C29H53O2S/c1-3-4-5-6-11-15-21-28(2)31-32(27-20-25-30)26-19-13-10-8-7-9-12-16-22-29-23-17-14-18-24-29/h14,17-18,23-24,28,30H,3-13,15-16,19-22,25-27H2,1-2H3/q+1. The van der Waals surface area contributed by atoms with Gasteiger partial charge in [0.15, 0.2) is 0 Å². The Bertz CT molecular complexity index is 493. The molecule has 0 spiro atoms. The van der Waals surface area contributed by atoms with Crippen molar-refractivity contribution in [3.8, 4) is 0 Å². The molecular weight excluding hydrogens is 412 g/mol. The summed E-state index contributed by atoms with van der Waals surface area (Å²) < 4.78 is 6.41. The first kappa shape index (κ1) is 29.5. The van der Waals surface area contributed by atoms with Crippen molar-refractivity contribution in [1.82, 2.24) is 0 Å². The van der Waals surface area contributed by atoms with Crippen molar-refractivity contribution in [2.75, 3.05) is 18.1 Å². The molecule has 1 aromatic rings. The third kappa shape index (κ3) is 18.0. The zero-order valence-electron chi connectivity index (χ0n) is 21.4. The highest BCUT2D eigenvalue weighted by Crippen LogP contribution is 2.17. The van der Waals surface area contributed by atoms with E-state index in [1.807, 2.05) is 0 Å². The van der Waals surface area contributed by atoms with Crippen LogP contribution in [-0.4, -0.2) is 29.3 Å². The molecule has 0 aromatic heterocycles. The molecule has 0 aliphatic carbocycles. The monoisotopic (exact) mass is 465 g/mol. The van der Waals surface area contributed by atoms with Gasteiger partial charge in [-0.3, -0.25) is 0 Å². The van der Waals surface area contributed by atoms with Crippen LogP contribution in [0.3, 0.4) is 0 Å². The Labute approximate surface area is 203 Å². The minimum absolute atomic E-state index is 0.0455. The van der Waals surface area contributed by atoms with Crippen LogP contribution in [0.4, 0.5) is 0 Å². The van der Waals surface area contributed by atoms with Crippen molar-refractivity contribution in [3.63, 3.8) is 0 Å².